The van der Waals surface area contributed by atoms with Crippen molar-refractivity contribution in [1.82, 2.24) is 0 Å². The van der Waals surface area contributed by atoms with E-state index in [-0.39, 0.29) is 5.43 Å². The standard InChI is InChI=1S/C13H12O2S/c1-9-12(14)7-8-15-13(9)10-3-5-11(16-2)6-4-10/h3-8H,1-2H3. The summed E-state index contributed by atoms with van der Waals surface area (Å²) in [5.74, 6) is 0.653. The van der Waals surface area contributed by atoms with Gasteiger partial charge < -0.3 is 4.42 Å². The second-order valence-electron chi connectivity index (χ2n) is 3.47. The minimum atomic E-state index is 0.00944. The maximum absolute atomic E-state index is 11.5. The molecule has 0 unspecified atom stereocenters. The third-order valence-electron chi connectivity index (χ3n) is 2.47. The van der Waals surface area contributed by atoms with Gasteiger partial charge >= 0.3 is 0 Å². The summed E-state index contributed by atoms with van der Waals surface area (Å²) < 4.78 is 5.39. The molecule has 0 N–H and O–H groups in total. The van der Waals surface area contributed by atoms with Gasteiger partial charge in [-0.25, -0.2) is 0 Å². The molecule has 1 aromatic carbocycles. The van der Waals surface area contributed by atoms with E-state index in [1.165, 1.54) is 17.2 Å². The second-order valence-corrected chi connectivity index (χ2v) is 4.35. The summed E-state index contributed by atoms with van der Waals surface area (Å²) in [5, 5.41) is 0. The van der Waals surface area contributed by atoms with Crippen LogP contribution in [0.3, 0.4) is 0 Å². The van der Waals surface area contributed by atoms with Crippen molar-refractivity contribution in [3.05, 3.63) is 52.4 Å². The highest BCUT2D eigenvalue weighted by molar-refractivity contribution is 7.98. The summed E-state index contributed by atoms with van der Waals surface area (Å²) in [6.45, 7) is 1.78. The summed E-state index contributed by atoms with van der Waals surface area (Å²) >= 11 is 1.69. The number of hydrogen-bond acceptors (Lipinski definition) is 3. The van der Waals surface area contributed by atoms with Crippen LogP contribution in [-0.2, 0) is 0 Å². The molecular weight excluding hydrogens is 220 g/mol. The van der Waals surface area contributed by atoms with Gasteiger partial charge in [0.05, 0.1) is 6.26 Å². The fourth-order valence-electron chi connectivity index (χ4n) is 1.52. The van der Waals surface area contributed by atoms with Crippen LogP contribution < -0.4 is 5.43 Å². The van der Waals surface area contributed by atoms with E-state index in [0.29, 0.717) is 11.3 Å². The lowest BCUT2D eigenvalue weighted by Gasteiger charge is -2.04. The van der Waals surface area contributed by atoms with E-state index >= 15 is 0 Å². The van der Waals surface area contributed by atoms with Crippen LogP contribution in [0, 0.1) is 6.92 Å². The first-order valence-corrected chi connectivity index (χ1v) is 6.17. The van der Waals surface area contributed by atoms with Crippen LogP contribution in [0.1, 0.15) is 5.56 Å². The molecule has 3 heteroatoms. The molecule has 82 valence electrons. The maximum atomic E-state index is 11.5. The Bertz CT molecular complexity index is 541. The summed E-state index contributed by atoms with van der Waals surface area (Å²) in [4.78, 5) is 12.7. The lowest BCUT2D eigenvalue weighted by atomic mass is 10.1. The minimum Gasteiger partial charge on any atom is -0.464 e. The third kappa shape index (κ3) is 2.04. The SMILES string of the molecule is CSc1ccc(-c2occc(=O)c2C)cc1. The molecule has 1 heterocycles. The summed E-state index contributed by atoms with van der Waals surface area (Å²) in [7, 11) is 0. The third-order valence-corrected chi connectivity index (χ3v) is 3.21. The first-order chi connectivity index (χ1) is 7.72. The van der Waals surface area contributed by atoms with E-state index in [9.17, 15) is 4.79 Å². The Balaban J connectivity index is 2.50. The average molecular weight is 232 g/mol. The zero-order valence-electron chi connectivity index (χ0n) is 9.19. The van der Waals surface area contributed by atoms with Crippen LogP contribution in [0.15, 0.2) is 50.7 Å². The summed E-state index contributed by atoms with van der Waals surface area (Å²) in [5.41, 5.74) is 1.60. The van der Waals surface area contributed by atoms with E-state index in [1.54, 1.807) is 18.7 Å². The Labute approximate surface area is 98.3 Å². The van der Waals surface area contributed by atoms with Crippen molar-refractivity contribution in [3.8, 4) is 11.3 Å². The lowest BCUT2D eigenvalue weighted by Crippen LogP contribution is -2.03. The molecule has 0 saturated heterocycles. The monoisotopic (exact) mass is 232 g/mol. The predicted octanol–water partition coefficient (Wildman–Crippen LogP) is 3.34. The smallest absolute Gasteiger partial charge is 0.188 e. The molecule has 2 nitrogen and oxygen atoms in total. The number of rotatable bonds is 2. The maximum Gasteiger partial charge on any atom is 0.188 e. The minimum absolute atomic E-state index is 0.00944. The summed E-state index contributed by atoms with van der Waals surface area (Å²) in [6, 6.07) is 9.42. The molecule has 0 aliphatic carbocycles. The molecule has 0 aliphatic heterocycles. The van der Waals surface area contributed by atoms with Crippen molar-refractivity contribution in [2.24, 2.45) is 0 Å². The van der Waals surface area contributed by atoms with Crippen LogP contribution in [0.25, 0.3) is 11.3 Å². The first-order valence-electron chi connectivity index (χ1n) is 4.95. The Morgan fingerprint density at radius 3 is 2.44 bits per heavy atom. The van der Waals surface area contributed by atoms with Gasteiger partial charge in [-0.1, -0.05) is 12.1 Å². The van der Waals surface area contributed by atoms with Crippen molar-refractivity contribution in [2.45, 2.75) is 11.8 Å². The van der Waals surface area contributed by atoms with Crippen LogP contribution in [0.2, 0.25) is 0 Å². The molecular formula is C13H12O2S. The molecule has 0 spiro atoms. The Morgan fingerprint density at radius 1 is 1.12 bits per heavy atom. The van der Waals surface area contributed by atoms with Crippen molar-refractivity contribution in [1.29, 1.82) is 0 Å². The van der Waals surface area contributed by atoms with Crippen molar-refractivity contribution < 1.29 is 4.42 Å². The highest BCUT2D eigenvalue weighted by atomic mass is 32.2. The van der Waals surface area contributed by atoms with Crippen molar-refractivity contribution in [3.63, 3.8) is 0 Å². The van der Waals surface area contributed by atoms with Gasteiger partial charge in [-0.2, -0.15) is 0 Å². The van der Waals surface area contributed by atoms with Gasteiger partial charge in [-0.05, 0) is 25.3 Å². The van der Waals surface area contributed by atoms with E-state index < -0.39 is 0 Å². The number of benzene rings is 1. The second kappa shape index (κ2) is 4.58. The molecule has 16 heavy (non-hydrogen) atoms. The molecule has 2 aromatic rings. The van der Waals surface area contributed by atoms with E-state index in [0.717, 1.165) is 5.56 Å². The van der Waals surface area contributed by atoms with Crippen LogP contribution in [0.4, 0.5) is 0 Å². The molecule has 0 amide bonds. The predicted molar refractivity (Wildman–Crippen MR) is 66.9 cm³/mol. The highest BCUT2D eigenvalue weighted by Gasteiger charge is 2.06. The van der Waals surface area contributed by atoms with Gasteiger partial charge in [0.25, 0.3) is 0 Å². The molecule has 2 rings (SSSR count). The summed E-state index contributed by atoms with van der Waals surface area (Å²) in [6.07, 6.45) is 3.47. The van der Waals surface area contributed by atoms with Crippen LogP contribution in [0.5, 0.6) is 0 Å². The van der Waals surface area contributed by atoms with Crippen LogP contribution in [-0.4, -0.2) is 6.26 Å². The number of hydrogen-bond donors (Lipinski definition) is 0. The van der Waals surface area contributed by atoms with Gasteiger partial charge in [0.2, 0.25) is 0 Å². The van der Waals surface area contributed by atoms with Crippen molar-refractivity contribution in [2.75, 3.05) is 6.26 Å². The van der Waals surface area contributed by atoms with E-state index in [1.807, 2.05) is 30.5 Å². The zero-order chi connectivity index (χ0) is 11.5. The Morgan fingerprint density at radius 2 is 1.81 bits per heavy atom. The van der Waals surface area contributed by atoms with E-state index in [4.69, 9.17) is 4.42 Å². The molecule has 0 radical (unpaired) electrons. The average Bonchev–Trinajstić information content (AvgIpc) is 2.33. The zero-order valence-corrected chi connectivity index (χ0v) is 10.0. The lowest BCUT2D eigenvalue weighted by molar-refractivity contribution is 0.560. The Hall–Kier alpha value is -1.48. The van der Waals surface area contributed by atoms with Crippen molar-refractivity contribution >= 4 is 11.8 Å². The largest absolute Gasteiger partial charge is 0.464 e. The Kier molecular flexibility index (Phi) is 3.15. The van der Waals surface area contributed by atoms with Gasteiger partial charge in [0, 0.05) is 22.1 Å². The normalized spacial score (nSPS) is 10.4. The number of thioether (sulfide) groups is 1. The molecule has 0 fully saturated rings. The van der Waals surface area contributed by atoms with Gasteiger partial charge in [0.1, 0.15) is 5.76 Å². The molecule has 0 aliphatic rings. The van der Waals surface area contributed by atoms with Gasteiger partial charge in [-0.3, -0.25) is 4.79 Å². The highest BCUT2D eigenvalue weighted by Crippen LogP contribution is 2.23. The molecule has 1 aromatic heterocycles. The van der Waals surface area contributed by atoms with Gasteiger partial charge in [0.15, 0.2) is 5.43 Å². The van der Waals surface area contributed by atoms with E-state index in [2.05, 4.69) is 0 Å². The topological polar surface area (TPSA) is 30.2 Å². The first kappa shape index (κ1) is 11.0. The van der Waals surface area contributed by atoms with Crippen LogP contribution >= 0.6 is 11.8 Å². The molecule has 0 bridgehead atoms. The molecule has 0 saturated carbocycles. The van der Waals surface area contributed by atoms with Gasteiger partial charge in [-0.15, -0.1) is 11.8 Å². The fourth-order valence-corrected chi connectivity index (χ4v) is 1.92. The molecule has 0 atom stereocenters. The quantitative estimate of drug-likeness (QED) is 0.744. The fraction of sp³-hybridized carbons (Fsp3) is 0.154.